The second kappa shape index (κ2) is 8.84. The number of methoxy groups -OCH3 is 1. The molecule has 2 amide bonds. The number of pyridine rings is 1. The number of ether oxygens (including phenoxy) is 1. The molecule has 0 spiro atoms. The van der Waals surface area contributed by atoms with Crippen molar-refractivity contribution in [1.82, 2.24) is 25.0 Å². The van der Waals surface area contributed by atoms with Gasteiger partial charge in [0.2, 0.25) is 0 Å². The van der Waals surface area contributed by atoms with Crippen molar-refractivity contribution in [2.75, 3.05) is 33.3 Å². The van der Waals surface area contributed by atoms with Gasteiger partial charge in [-0.3, -0.25) is 14.7 Å². The Morgan fingerprint density at radius 2 is 1.73 bits per heavy atom. The fourth-order valence-corrected chi connectivity index (χ4v) is 5.05. The van der Waals surface area contributed by atoms with Gasteiger partial charge in [-0.2, -0.15) is 5.10 Å². The summed E-state index contributed by atoms with van der Waals surface area (Å²) in [5.74, 6) is 0.969. The Balaban J connectivity index is 1.30. The number of nitrogens with one attached hydrogen (secondary N) is 1. The summed E-state index contributed by atoms with van der Waals surface area (Å²) in [4.78, 5) is 34.7. The zero-order chi connectivity index (χ0) is 22.9. The van der Waals surface area contributed by atoms with E-state index in [4.69, 9.17) is 4.74 Å². The first-order valence-corrected chi connectivity index (χ1v) is 11.6. The van der Waals surface area contributed by atoms with Crippen LogP contribution >= 0.6 is 0 Å². The first kappa shape index (κ1) is 21.4. The van der Waals surface area contributed by atoms with Gasteiger partial charge >= 0.3 is 0 Å². The van der Waals surface area contributed by atoms with Gasteiger partial charge in [0.05, 0.1) is 35.8 Å². The van der Waals surface area contributed by atoms with Crippen LogP contribution in [0.1, 0.15) is 63.7 Å². The third kappa shape index (κ3) is 3.94. The predicted molar refractivity (Wildman–Crippen MR) is 125 cm³/mol. The molecule has 3 aromatic rings. The van der Waals surface area contributed by atoms with E-state index in [-0.39, 0.29) is 17.7 Å². The van der Waals surface area contributed by atoms with Crippen molar-refractivity contribution < 1.29 is 14.3 Å². The lowest BCUT2D eigenvalue weighted by Gasteiger charge is -2.32. The molecule has 0 saturated carbocycles. The highest BCUT2D eigenvalue weighted by Gasteiger charge is 2.31. The lowest BCUT2D eigenvalue weighted by molar-refractivity contribution is 0.0706. The number of benzene rings is 1. The van der Waals surface area contributed by atoms with Crippen LogP contribution in [0.25, 0.3) is 10.9 Å². The number of hydrogen-bond donors (Lipinski definition) is 1. The first-order chi connectivity index (χ1) is 16.1. The summed E-state index contributed by atoms with van der Waals surface area (Å²) in [5.41, 5.74) is 3.69. The number of carbonyl (C=O) groups excluding carboxylic acids is 2. The number of aromatic amines is 1. The van der Waals surface area contributed by atoms with Crippen molar-refractivity contribution >= 4 is 22.7 Å². The van der Waals surface area contributed by atoms with Crippen LogP contribution < -0.4 is 4.74 Å². The number of piperidine rings is 1. The van der Waals surface area contributed by atoms with Gasteiger partial charge < -0.3 is 14.5 Å². The van der Waals surface area contributed by atoms with E-state index in [1.54, 1.807) is 13.3 Å². The van der Waals surface area contributed by atoms with Gasteiger partial charge in [0, 0.05) is 37.5 Å². The molecule has 4 heterocycles. The fraction of sp³-hybridized carbons (Fsp3) is 0.440. The molecule has 1 aromatic carbocycles. The number of amides is 2. The number of aryl methyl sites for hydroxylation is 1. The lowest BCUT2D eigenvalue weighted by Crippen LogP contribution is -2.38. The zero-order valence-electron chi connectivity index (χ0n) is 19.1. The Hall–Kier alpha value is -3.42. The van der Waals surface area contributed by atoms with Gasteiger partial charge in [-0.25, -0.2) is 4.98 Å². The molecule has 0 unspecified atom stereocenters. The Morgan fingerprint density at radius 1 is 1.03 bits per heavy atom. The van der Waals surface area contributed by atoms with Crippen molar-refractivity contribution in [3.8, 4) is 5.75 Å². The summed E-state index contributed by atoms with van der Waals surface area (Å²) < 4.78 is 5.41. The third-order valence-corrected chi connectivity index (χ3v) is 6.93. The van der Waals surface area contributed by atoms with E-state index < -0.39 is 0 Å². The molecule has 2 aliphatic heterocycles. The van der Waals surface area contributed by atoms with E-state index in [1.807, 2.05) is 41.0 Å². The van der Waals surface area contributed by atoms with Crippen LogP contribution in [0, 0.1) is 6.92 Å². The van der Waals surface area contributed by atoms with Crippen LogP contribution in [0.2, 0.25) is 0 Å². The summed E-state index contributed by atoms with van der Waals surface area (Å²) in [6.45, 7) is 4.78. The molecule has 0 atom stereocenters. The topological polar surface area (TPSA) is 91.4 Å². The van der Waals surface area contributed by atoms with E-state index in [0.717, 1.165) is 55.4 Å². The van der Waals surface area contributed by atoms with Crippen LogP contribution in [0.3, 0.4) is 0 Å². The molecule has 1 N–H and O–H groups in total. The maximum atomic E-state index is 13.3. The van der Waals surface area contributed by atoms with Gasteiger partial charge in [0.1, 0.15) is 11.3 Å². The number of rotatable bonds is 4. The predicted octanol–water partition coefficient (Wildman–Crippen LogP) is 3.53. The molecule has 2 aromatic heterocycles. The van der Waals surface area contributed by atoms with Crippen molar-refractivity contribution in [2.24, 2.45) is 0 Å². The third-order valence-electron chi connectivity index (χ3n) is 6.93. The average molecular weight is 448 g/mol. The quantitative estimate of drug-likeness (QED) is 0.661. The zero-order valence-corrected chi connectivity index (χ0v) is 19.1. The second-order valence-corrected chi connectivity index (χ2v) is 8.92. The summed E-state index contributed by atoms with van der Waals surface area (Å²) in [5, 5.41) is 8.14. The van der Waals surface area contributed by atoms with Crippen LogP contribution in [-0.2, 0) is 0 Å². The van der Waals surface area contributed by atoms with Gasteiger partial charge in [0.25, 0.3) is 11.8 Å². The standard InChI is InChI=1S/C25H29N5O3/c1-16-19(14-18-6-5-7-21(33-2)23(18)27-16)24(31)30-12-8-17(9-13-30)22-20(15-26-28-22)25(32)29-10-3-4-11-29/h5-7,14-15,17H,3-4,8-13H2,1-2H3,(H,26,28). The highest BCUT2D eigenvalue weighted by atomic mass is 16.5. The van der Waals surface area contributed by atoms with Crippen LogP contribution in [0.4, 0.5) is 0 Å². The minimum absolute atomic E-state index is 0.00106. The molecule has 2 aliphatic rings. The molecule has 33 heavy (non-hydrogen) atoms. The van der Waals surface area contributed by atoms with E-state index >= 15 is 0 Å². The number of para-hydroxylation sites is 1. The van der Waals surface area contributed by atoms with Crippen molar-refractivity contribution in [2.45, 2.75) is 38.5 Å². The van der Waals surface area contributed by atoms with Crippen LogP contribution in [0.5, 0.6) is 5.75 Å². The molecular formula is C25H29N5O3. The molecule has 2 fully saturated rings. The van der Waals surface area contributed by atoms with Crippen molar-refractivity contribution in [3.63, 3.8) is 0 Å². The summed E-state index contributed by atoms with van der Waals surface area (Å²) in [6.07, 6.45) is 5.38. The molecule has 8 nitrogen and oxygen atoms in total. The Kier molecular flexibility index (Phi) is 5.74. The fourth-order valence-electron chi connectivity index (χ4n) is 5.05. The van der Waals surface area contributed by atoms with E-state index in [9.17, 15) is 9.59 Å². The van der Waals surface area contributed by atoms with Gasteiger partial charge in [-0.1, -0.05) is 12.1 Å². The highest BCUT2D eigenvalue weighted by molar-refractivity contribution is 5.99. The molecule has 0 aliphatic carbocycles. The normalized spacial score (nSPS) is 17.0. The Morgan fingerprint density at radius 3 is 2.45 bits per heavy atom. The van der Waals surface area contributed by atoms with Gasteiger partial charge in [-0.15, -0.1) is 0 Å². The SMILES string of the molecule is COc1cccc2cc(C(=O)N3CCC(c4[nH]ncc4C(=O)N4CCCC4)CC3)c(C)nc12. The maximum absolute atomic E-state index is 13.3. The number of nitrogens with zero attached hydrogens (tertiary/aromatic N) is 4. The number of aromatic nitrogens is 3. The molecule has 8 heteroatoms. The van der Waals surface area contributed by atoms with Gasteiger partial charge in [-0.05, 0) is 44.7 Å². The summed E-state index contributed by atoms with van der Waals surface area (Å²) in [6, 6.07) is 7.64. The first-order valence-electron chi connectivity index (χ1n) is 11.6. The lowest BCUT2D eigenvalue weighted by atomic mass is 9.90. The smallest absolute Gasteiger partial charge is 0.257 e. The number of carbonyl (C=O) groups is 2. The van der Waals surface area contributed by atoms with Crippen molar-refractivity contribution in [1.29, 1.82) is 0 Å². The monoisotopic (exact) mass is 447 g/mol. The summed E-state index contributed by atoms with van der Waals surface area (Å²) >= 11 is 0. The molecule has 0 radical (unpaired) electrons. The number of hydrogen-bond acceptors (Lipinski definition) is 5. The van der Waals surface area contributed by atoms with E-state index in [2.05, 4.69) is 15.2 Å². The van der Waals surface area contributed by atoms with Gasteiger partial charge in [0.15, 0.2) is 0 Å². The number of likely N-dealkylation sites (tertiary alicyclic amines) is 2. The van der Waals surface area contributed by atoms with E-state index in [0.29, 0.717) is 35.7 Å². The number of fused-ring (bicyclic) bond motifs is 1. The Labute approximate surface area is 192 Å². The molecule has 172 valence electrons. The molecular weight excluding hydrogens is 418 g/mol. The largest absolute Gasteiger partial charge is 0.494 e. The van der Waals surface area contributed by atoms with Crippen LogP contribution in [-0.4, -0.2) is 70.1 Å². The molecule has 5 rings (SSSR count). The highest BCUT2D eigenvalue weighted by Crippen LogP contribution is 2.31. The maximum Gasteiger partial charge on any atom is 0.257 e. The minimum atomic E-state index is 0.00106. The van der Waals surface area contributed by atoms with E-state index in [1.165, 1.54) is 0 Å². The summed E-state index contributed by atoms with van der Waals surface area (Å²) in [7, 11) is 1.62. The van der Waals surface area contributed by atoms with Crippen LogP contribution in [0.15, 0.2) is 30.5 Å². The second-order valence-electron chi connectivity index (χ2n) is 8.92. The molecule has 2 saturated heterocycles. The minimum Gasteiger partial charge on any atom is -0.494 e. The van der Waals surface area contributed by atoms with Crippen molar-refractivity contribution in [3.05, 3.63) is 53.0 Å². The molecule has 0 bridgehead atoms. The number of H-pyrrole nitrogens is 1. The Bertz CT molecular complexity index is 1190. The average Bonchev–Trinajstić information content (AvgIpc) is 3.55.